The molecule has 2 aromatic carbocycles. The van der Waals surface area contributed by atoms with Crippen LogP contribution in [0, 0.1) is 0 Å². The molecular weight excluding hydrogens is 278 g/mol. The van der Waals surface area contributed by atoms with Gasteiger partial charge in [-0.05, 0) is 36.2 Å². The van der Waals surface area contributed by atoms with Gasteiger partial charge in [0, 0.05) is 5.69 Å². The first-order valence-electron chi connectivity index (χ1n) is 7.37. The van der Waals surface area contributed by atoms with Crippen molar-refractivity contribution in [2.45, 2.75) is 19.8 Å². The Morgan fingerprint density at radius 1 is 1.05 bits per heavy atom. The molecule has 1 amide bonds. The van der Waals surface area contributed by atoms with Crippen LogP contribution in [0.3, 0.4) is 0 Å². The van der Waals surface area contributed by atoms with Crippen LogP contribution in [0.5, 0.6) is 11.5 Å². The number of para-hydroxylation sites is 2. The molecule has 0 bridgehead atoms. The average molecular weight is 299 g/mol. The Labute approximate surface area is 131 Å². The van der Waals surface area contributed by atoms with E-state index in [2.05, 4.69) is 12.2 Å². The molecule has 0 atom stereocenters. The molecule has 0 aliphatic rings. The first-order valence-corrected chi connectivity index (χ1v) is 7.37. The number of ether oxygens (including phenoxy) is 2. The topological polar surface area (TPSA) is 47.6 Å². The highest BCUT2D eigenvalue weighted by Gasteiger charge is 2.07. The number of benzene rings is 2. The van der Waals surface area contributed by atoms with Crippen LogP contribution < -0.4 is 14.8 Å². The van der Waals surface area contributed by atoms with Gasteiger partial charge in [0.15, 0.2) is 18.1 Å². The second-order valence-electron chi connectivity index (χ2n) is 4.93. The van der Waals surface area contributed by atoms with Crippen LogP contribution in [-0.4, -0.2) is 19.6 Å². The SMILES string of the molecule is CCCc1ccc(NC(=O)COc2ccccc2OC)cc1. The Hall–Kier alpha value is -2.49. The third-order valence-electron chi connectivity index (χ3n) is 3.20. The van der Waals surface area contributed by atoms with E-state index in [-0.39, 0.29) is 12.5 Å². The molecule has 1 N–H and O–H groups in total. The number of amides is 1. The number of rotatable bonds is 7. The lowest BCUT2D eigenvalue weighted by Crippen LogP contribution is -2.20. The van der Waals surface area contributed by atoms with Gasteiger partial charge in [0.1, 0.15) is 0 Å². The number of anilines is 1. The van der Waals surface area contributed by atoms with E-state index in [1.165, 1.54) is 5.56 Å². The van der Waals surface area contributed by atoms with Crippen LogP contribution in [0.4, 0.5) is 5.69 Å². The van der Waals surface area contributed by atoms with E-state index in [0.717, 1.165) is 18.5 Å². The molecule has 0 spiro atoms. The van der Waals surface area contributed by atoms with E-state index in [4.69, 9.17) is 9.47 Å². The molecule has 4 heteroatoms. The Balaban J connectivity index is 1.87. The predicted molar refractivity (Wildman–Crippen MR) is 87.6 cm³/mol. The van der Waals surface area contributed by atoms with Crippen molar-refractivity contribution in [3.8, 4) is 11.5 Å². The van der Waals surface area contributed by atoms with Gasteiger partial charge >= 0.3 is 0 Å². The third kappa shape index (κ3) is 4.52. The molecule has 0 aromatic heterocycles. The minimum Gasteiger partial charge on any atom is -0.493 e. The zero-order chi connectivity index (χ0) is 15.8. The standard InChI is InChI=1S/C18H21NO3/c1-3-6-14-9-11-15(12-10-14)19-18(20)13-22-17-8-5-4-7-16(17)21-2/h4-5,7-12H,3,6,13H2,1-2H3,(H,19,20). The van der Waals surface area contributed by atoms with Gasteiger partial charge in [-0.3, -0.25) is 4.79 Å². The van der Waals surface area contributed by atoms with Gasteiger partial charge in [-0.1, -0.05) is 37.6 Å². The van der Waals surface area contributed by atoms with Gasteiger partial charge < -0.3 is 14.8 Å². The summed E-state index contributed by atoms with van der Waals surface area (Å²) in [7, 11) is 1.57. The number of carbonyl (C=O) groups is 1. The summed E-state index contributed by atoms with van der Waals surface area (Å²) in [5, 5.41) is 2.81. The lowest BCUT2D eigenvalue weighted by Gasteiger charge is -2.10. The summed E-state index contributed by atoms with van der Waals surface area (Å²) >= 11 is 0. The highest BCUT2D eigenvalue weighted by Crippen LogP contribution is 2.25. The molecule has 2 aromatic rings. The molecule has 0 aliphatic carbocycles. The van der Waals surface area contributed by atoms with E-state index >= 15 is 0 Å². The van der Waals surface area contributed by atoms with Crippen molar-refractivity contribution in [3.63, 3.8) is 0 Å². The largest absolute Gasteiger partial charge is 0.493 e. The fourth-order valence-corrected chi connectivity index (χ4v) is 2.12. The van der Waals surface area contributed by atoms with Crippen LogP contribution in [-0.2, 0) is 11.2 Å². The molecule has 0 saturated heterocycles. The summed E-state index contributed by atoms with van der Waals surface area (Å²) in [5.74, 6) is 0.965. The monoisotopic (exact) mass is 299 g/mol. The first-order chi connectivity index (χ1) is 10.7. The second kappa shape index (κ2) is 8.08. The summed E-state index contributed by atoms with van der Waals surface area (Å²) in [6.45, 7) is 2.09. The molecule has 2 rings (SSSR count). The van der Waals surface area contributed by atoms with E-state index in [1.54, 1.807) is 19.2 Å². The van der Waals surface area contributed by atoms with Crippen LogP contribution in [0.15, 0.2) is 48.5 Å². The summed E-state index contributed by atoms with van der Waals surface area (Å²) in [6, 6.07) is 15.1. The van der Waals surface area contributed by atoms with Crippen molar-refractivity contribution in [1.82, 2.24) is 0 Å². The van der Waals surface area contributed by atoms with Gasteiger partial charge in [0.05, 0.1) is 7.11 Å². The zero-order valence-corrected chi connectivity index (χ0v) is 13.0. The van der Waals surface area contributed by atoms with Crippen LogP contribution in [0.25, 0.3) is 0 Å². The van der Waals surface area contributed by atoms with Crippen LogP contribution >= 0.6 is 0 Å². The van der Waals surface area contributed by atoms with Crippen LogP contribution in [0.2, 0.25) is 0 Å². The molecule has 116 valence electrons. The van der Waals surface area contributed by atoms with Crippen molar-refractivity contribution in [2.24, 2.45) is 0 Å². The number of carbonyl (C=O) groups excluding carboxylic acids is 1. The normalized spacial score (nSPS) is 10.1. The number of hydrogen-bond donors (Lipinski definition) is 1. The summed E-state index contributed by atoms with van der Waals surface area (Å²) in [6.07, 6.45) is 2.16. The maximum atomic E-state index is 11.9. The molecule has 0 radical (unpaired) electrons. The molecule has 0 aliphatic heterocycles. The smallest absolute Gasteiger partial charge is 0.262 e. The van der Waals surface area contributed by atoms with E-state index in [1.807, 2.05) is 36.4 Å². The number of hydrogen-bond acceptors (Lipinski definition) is 3. The minimum atomic E-state index is -0.200. The second-order valence-corrected chi connectivity index (χ2v) is 4.93. The van der Waals surface area contributed by atoms with E-state index < -0.39 is 0 Å². The quantitative estimate of drug-likeness (QED) is 0.848. The summed E-state index contributed by atoms with van der Waals surface area (Å²) in [4.78, 5) is 11.9. The van der Waals surface area contributed by atoms with Gasteiger partial charge in [-0.2, -0.15) is 0 Å². The Bertz CT molecular complexity index is 608. The van der Waals surface area contributed by atoms with Gasteiger partial charge in [0.2, 0.25) is 0 Å². The highest BCUT2D eigenvalue weighted by molar-refractivity contribution is 5.91. The fraction of sp³-hybridized carbons (Fsp3) is 0.278. The number of nitrogens with one attached hydrogen (secondary N) is 1. The van der Waals surface area contributed by atoms with E-state index in [9.17, 15) is 4.79 Å². The Morgan fingerprint density at radius 2 is 1.73 bits per heavy atom. The van der Waals surface area contributed by atoms with Crippen molar-refractivity contribution >= 4 is 11.6 Å². The maximum absolute atomic E-state index is 11.9. The average Bonchev–Trinajstić information content (AvgIpc) is 2.55. The molecule has 0 heterocycles. The molecule has 0 fully saturated rings. The van der Waals surface area contributed by atoms with E-state index in [0.29, 0.717) is 11.5 Å². The molecule has 0 saturated carbocycles. The van der Waals surface area contributed by atoms with Crippen molar-refractivity contribution in [3.05, 3.63) is 54.1 Å². The Morgan fingerprint density at radius 3 is 2.36 bits per heavy atom. The minimum absolute atomic E-state index is 0.0584. The molecular formula is C18H21NO3. The molecule has 4 nitrogen and oxygen atoms in total. The third-order valence-corrected chi connectivity index (χ3v) is 3.20. The zero-order valence-electron chi connectivity index (χ0n) is 13.0. The number of aryl methyl sites for hydroxylation is 1. The summed E-state index contributed by atoms with van der Waals surface area (Å²) in [5.41, 5.74) is 2.04. The van der Waals surface area contributed by atoms with Crippen molar-refractivity contribution in [2.75, 3.05) is 19.0 Å². The predicted octanol–water partition coefficient (Wildman–Crippen LogP) is 3.67. The van der Waals surface area contributed by atoms with Gasteiger partial charge in [-0.25, -0.2) is 0 Å². The van der Waals surface area contributed by atoms with Gasteiger partial charge in [-0.15, -0.1) is 0 Å². The van der Waals surface area contributed by atoms with Crippen molar-refractivity contribution in [1.29, 1.82) is 0 Å². The van der Waals surface area contributed by atoms with Gasteiger partial charge in [0.25, 0.3) is 5.91 Å². The summed E-state index contributed by atoms with van der Waals surface area (Å²) < 4.78 is 10.7. The first kappa shape index (κ1) is 15.9. The molecule has 0 unspecified atom stereocenters. The fourth-order valence-electron chi connectivity index (χ4n) is 2.12. The highest BCUT2D eigenvalue weighted by atomic mass is 16.5. The lowest BCUT2D eigenvalue weighted by atomic mass is 10.1. The number of methoxy groups -OCH3 is 1. The maximum Gasteiger partial charge on any atom is 0.262 e. The molecule has 22 heavy (non-hydrogen) atoms. The Kier molecular flexibility index (Phi) is 5.83. The van der Waals surface area contributed by atoms with Crippen LogP contribution in [0.1, 0.15) is 18.9 Å². The lowest BCUT2D eigenvalue weighted by molar-refractivity contribution is -0.118. The van der Waals surface area contributed by atoms with Crippen molar-refractivity contribution < 1.29 is 14.3 Å².